The fraction of sp³-hybridized carbons (Fsp3) is 0.867. The smallest absolute Gasteiger partial charge is 0.110 e. The first-order valence-corrected chi connectivity index (χ1v) is 7.07. The molecule has 18 heavy (non-hydrogen) atoms. The summed E-state index contributed by atoms with van der Waals surface area (Å²) >= 11 is 0. The van der Waals surface area contributed by atoms with Gasteiger partial charge in [-0.15, -0.1) is 6.58 Å². The Morgan fingerprint density at radius 2 is 2.06 bits per heavy atom. The van der Waals surface area contributed by atoms with E-state index in [9.17, 15) is 0 Å². The molecule has 0 aromatic rings. The van der Waals surface area contributed by atoms with Crippen LogP contribution in [0.4, 0.5) is 0 Å². The van der Waals surface area contributed by atoms with E-state index < -0.39 is 0 Å². The molecule has 3 fully saturated rings. The molecule has 3 aliphatic rings. The summed E-state index contributed by atoms with van der Waals surface area (Å²) < 4.78 is 16.9. The summed E-state index contributed by atoms with van der Waals surface area (Å²) in [5.74, 6) is 0.559. The Hall–Kier alpha value is -0.380. The Morgan fingerprint density at radius 3 is 2.56 bits per heavy atom. The summed E-state index contributed by atoms with van der Waals surface area (Å²) in [6, 6.07) is 0. The van der Waals surface area contributed by atoms with Crippen molar-refractivity contribution in [1.82, 2.24) is 0 Å². The van der Waals surface area contributed by atoms with Crippen LogP contribution >= 0.6 is 0 Å². The molecule has 3 nitrogen and oxygen atoms in total. The van der Waals surface area contributed by atoms with Crippen molar-refractivity contribution in [1.29, 1.82) is 0 Å². The minimum atomic E-state index is -0.0302. The van der Waals surface area contributed by atoms with Gasteiger partial charge in [-0.2, -0.15) is 0 Å². The first kappa shape index (κ1) is 12.6. The molecule has 0 aliphatic carbocycles. The Morgan fingerprint density at radius 1 is 1.39 bits per heavy atom. The van der Waals surface area contributed by atoms with Gasteiger partial charge in [0.15, 0.2) is 0 Å². The largest absolute Gasteiger partial charge is 0.369 e. The normalized spacial score (nSPS) is 45.4. The van der Waals surface area contributed by atoms with Gasteiger partial charge in [-0.1, -0.05) is 13.0 Å². The molecule has 0 spiro atoms. The summed E-state index contributed by atoms with van der Waals surface area (Å²) in [6.07, 6.45) is 6.57. The maximum absolute atomic E-state index is 5.80. The molecular weight excluding hydrogens is 228 g/mol. The average Bonchev–Trinajstić information content (AvgIpc) is 3.14. The molecule has 0 aromatic heterocycles. The molecule has 0 radical (unpaired) electrons. The van der Waals surface area contributed by atoms with E-state index in [1.165, 1.54) is 0 Å². The molecule has 3 rings (SSSR count). The van der Waals surface area contributed by atoms with Crippen LogP contribution in [0, 0.1) is 5.92 Å². The Labute approximate surface area is 109 Å². The number of ether oxygens (including phenoxy) is 3. The Kier molecular flexibility index (Phi) is 2.85. The molecule has 3 saturated heterocycles. The standard InChI is InChI=1S/C15H24O3/c1-5-15(9-16-15)8-10(2)13-11(17-13)6-7-12-14(3,4)18-12/h5,10-13H,1,6-9H2,2-4H3. The molecule has 3 heteroatoms. The fourth-order valence-electron chi connectivity index (χ4n) is 3.02. The van der Waals surface area contributed by atoms with Gasteiger partial charge in [-0.05, 0) is 39.0 Å². The zero-order valence-electron chi connectivity index (χ0n) is 11.6. The van der Waals surface area contributed by atoms with Crippen LogP contribution in [0.2, 0.25) is 0 Å². The zero-order valence-corrected chi connectivity index (χ0v) is 11.6. The highest BCUT2D eigenvalue weighted by molar-refractivity contribution is 5.09. The van der Waals surface area contributed by atoms with E-state index >= 15 is 0 Å². The van der Waals surface area contributed by atoms with Gasteiger partial charge in [0.2, 0.25) is 0 Å². The van der Waals surface area contributed by atoms with E-state index in [0.29, 0.717) is 24.2 Å². The van der Waals surface area contributed by atoms with Crippen molar-refractivity contribution in [3.05, 3.63) is 12.7 Å². The highest BCUT2D eigenvalue weighted by atomic mass is 16.6. The van der Waals surface area contributed by atoms with E-state index in [2.05, 4.69) is 27.4 Å². The van der Waals surface area contributed by atoms with Crippen molar-refractivity contribution in [2.45, 2.75) is 69.5 Å². The summed E-state index contributed by atoms with van der Waals surface area (Å²) in [5.41, 5.74) is 0.0856. The van der Waals surface area contributed by atoms with Crippen LogP contribution in [-0.2, 0) is 14.2 Å². The van der Waals surface area contributed by atoms with Gasteiger partial charge in [0.05, 0.1) is 30.5 Å². The van der Waals surface area contributed by atoms with Crippen LogP contribution in [0.3, 0.4) is 0 Å². The highest BCUT2D eigenvalue weighted by Crippen LogP contribution is 2.44. The van der Waals surface area contributed by atoms with Crippen molar-refractivity contribution in [3.8, 4) is 0 Å². The second-order valence-electron chi connectivity index (χ2n) is 6.67. The van der Waals surface area contributed by atoms with E-state index in [1.54, 1.807) is 0 Å². The zero-order chi connectivity index (χ0) is 13.0. The lowest BCUT2D eigenvalue weighted by atomic mass is 9.91. The highest BCUT2D eigenvalue weighted by Gasteiger charge is 2.52. The van der Waals surface area contributed by atoms with Crippen LogP contribution in [0.5, 0.6) is 0 Å². The van der Waals surface area contributed by atoms with Crippen molar-refractivity contribution in [2.24, 2.45) is 5.92 Å². The summed E-state index contributed by atoms with van der Waals surface area (Å²) in [4.78, 5) is 0. The molecule has 0 bridgehead atoms. The minimum absolute atomic E-state index is 0.0302. The van der Waals surface area contributed by atoms with Crippen molar-refractivity contribution in [2.75, 3.05) is 6.61 Å². The summed E-state index contributed by atoms with van der Waals surface area (Å²) in [6.45, 7) is 11.3. The number of hydrogen-bond donors (Lipinski definition) is 0. The van der Waals surface area contributed by atoms with E-state index in [-0.39, 0.29) is 11.2 Å². The van der Waals surface area contributed by atoms with Gasteiger partial charge in [-0.25, -0.2) is 0 Å². The maximum atomic E-state index is 5.80. The average molecular weight is 252 g/mol. The molecule has 0 N–H and O–H groups in total. The van der Waals surface area contributed by atoms with Gasteiger partial charge in [0.25, 0.3) is 0 Å². The van der Waals surface area contributed by atoms with Crippen molar-refractivity contribution in [3.63, 3.8) is 0 Å². The van der Waals surface area contributed by atoms with Crippen LogP contribution in [0.15, 0.2) is 12.7 Å². The third-order valence-corrected chi connectivity index (χ3v) is 4.61. The van der Waals surface area contributed by atoms with Crippen LogP contribution in [0.1, 0.15) is 40.0 Å². The van der Waals surface area contributed by atoms with Gasteiger partial charge >= 0.3 is 0 Å². The van der Waals surface area contributed by atoms with Crippen molar-refractivity contribution < 1.29 is 14.2 Å². The molecule has 3 heterocycles. The third-order valence-electron chi connectivity index (χ3n) is 4.61. The molecule has 0 aromatic carbocycles. The molecule has 0 saturated carbocycles. The van der Waals surface area contributed by atoms with Gasteiger partial charge in [0, 0.05) is 0 Å². The number of epoxide rings is 3. The second kappa shape index (κ2) is 4.06. The third kappa shape index (κ3) is 2.49. The summed E-state index contributed by atoms with van der Waals surface area (Å²) in [7, 11) is 0. The SMILES string of the molecule is C=CC1(CC(C)C2OC2CCC2OC2(C)C)CO1. The van der Waals surface area contributed by atoms with E-state index in [1.807, 2.05) is 6.08 Å². The lowest BCUT2D eigenvalue weighted by Gasteiger charge is -2.11. The monoisotopic (exact) mass is 252 g/mol. The predicted molar refractivity (Wildman–Crippen MR) is 69.5 cm³/mol. The lowest BCUT2D eigenvalue weighted by molar-refractivity contribution is 0.261. The second-order valence-corrected chi connectivity index (χ2v) is 6.67. The van der Waals surface area contributed by atoms with Gasteiger partial charge in [0.1, 0.15) is 5.60 Å². The minimum Gasteiger partial charge on any atom is -0.369 e. The molecule has 0 amide bonds. The lowest BCUT2D eigenvalue weighted by Crippen LogP contribution is -2.17. The maximum Gasteiger partial charge on any atom is 0.110 e. The van der Waals surface area contributed by atoms with E-state index in [4.69, 9.17) is 14.2 Å². The fourth-order valence-corrected chi connectivity index (χ4v) is 3.02. The molecule has 102 valence electrons. The number of rotatable bonds is 7. The summed E-state index contributed by atoms with van der Waals surface area (Å²) in [5, 5.41) is 0. The topological polar surface area (TPSA) is 37.6 Å². The Balaban J connectivity index is 1.37. The Bertz CT molecular complexity index is 346. The van der Waals surface area contributed by atoms with Gasteiger partial charge < -0.3 is 14.2 Å². The molecule has 5 unspecified atom stereocenters. The predicted octanol–water partition coefficient (Wildman–Crippen LogP) is 2.69. The van der Waals surface area contributed by atoms with Gasteiger partial charge in [-0.3, -0.25) is 0 Å². The van der Waals surface area contributed by atoms with Crippen molar-refractivity contribution >= 4 is 0 Å². The number of hydrogen-bond acceptors (Lipinski definition) is 3. The van der Waals surface area contributed by atoms with E-state index in [0.717, 1.165) is 25.9 Å². The quantitative estimate of drug-likeness (QED) is 0.516. The van der Waals surface area contributed by atoms with Crippen LogP contribution in [-0.4, -0.2) is 36.1 Å². The molecular formula is C15H24O3. The first-order valence-electron chi connectivity index (χ1n) is 7.07. The van der Waals surface area contributed by atoms with Crippen LogP contribution in [0.25, 0.3) is 0 Å². The first-order chi connectivity index (χ1) is 8.46. The molecule has 3 aliphatic heterocycles. The molecule has 5 atom stereocenters. The van der Waals surface area contributed by atoms with Crippen LogP contribution < -0.4 is 0 Å².